The van der Waals surface area contributed by atoms with E-state index in [9.17, 15) is 0 Å². The van der Waals surface area contributed by atoms with Crippen LogP contribution in [0.4, 0.5) is 0 Å². The third kappa shape index (κ3) is 2.75. The molecule has 1 aromatic rings. The second-order valence-corrected chi connectivity index (χ2v) is 4.43. The first-order valence-electron chi connectivity index (χ1n) is 4.10. The number of rotatable bonds is 3. The minimum atomic E-state index is 0.378. The van der Waals surface area contributed by atoms with Crippen LogP contribution in [-0.2, 0) is 0 Å². The third-order valence-corrected chi connectivity index (χ3v) is 3.10. The van der Waals surface area contributed by atoms with Crippen molar-refractivity contribution in [1.29, 1.82) is 5.41 Å². The zero-order chi connectivity index (χ0) is 8.97. The lowest BCUT2D eigenvalue weighted by Gasteiger charge is -2.06. The van der Waals surface area contributed by atoms with Crippen LogP contribution in [0.2, 0.25) is 0 Å². The monoisotopic (exact) mass is 179 g/mol. The Labute approximate surface area is 75.5 Å². The largest absolute Gasteiger partial charge is 0.305 e. The molecule has 2 heteroatoms. The van der Waals surface area contributed by atoms with E-state index in [0.29, 0.717) is 14.5 Å². The molecule has 0 aromatic heterocycles. The molecule has 12 heavy (non-hydrogen) atoms. The molecule has 0 heterocycles. The van der Waals surface area contributed by atoms with Crippen LogP contribution < -0.4 is 5.30 Å². The topological polar surface area (TPSA) is 23.9 Å². The van der Waals surface area contributed by atoms with E-state index in [1.54, 1.807) is 0 Å². The summed E-state index contributed by atoms with van der Waals surface area (Å²) in [6.45, 7) is 4.14. The van der Waals surface area contributed by atoms with Crippen LogP contribution in [0.25, 0.3) is 0 Å². The maximum Gasteiger partial charge on any atom is 0.0358 e. The van der Waals surface area contributed by atoms with Crippen LogP contribution >= 0.6 is 8.58 Å². The fourth-order valence-electron chi connectivity index (χ4n) is 0.821. The van der Waals surface area contributed by atoms with Gasteiger partial charge < -0.3 is 5.41 Å². The van der Waals surface area contributed by atoms with E-state index in [-0.39, 0.29) is 0 Å². The van der Waals surface area contributed by atoms with Crippen molar-refractivity contribution >= 4 is 19.3 Å². The van der Waals surface area contributed by atoms with Gasteiger partial charge in [-0.2, -0.15) is 0 Å². The molecular formula is C10H14NP. The molecule has 0 saturated heterocycles. The number of benzene rings is 1. The highest BCUT2D eigenvalue weighted by atomic mass is 31.1. The molecule has 0 bridgehead atoms. The number of nitrogens with one attached hydrogen (secondary N) is 1. The number of hydrogen-bond donors (Lipinski definition) is 1. The van der Waals surface area contributed by atoms with Crippen LogP contribution in [0.5, 0.6) is 0 Å². The summed E-state index contributed by atoms with van der Waals surface area (Å²) >= 11 is 0. The molecule has 1 nitrogen and oxygen atoms in total. The van der Waals surface area contributed by atoms with Gasteiger partial charge in [-0.15, -0.1) is 0 Å². The molecule has 1 rings (SSSR count). The molecule has 0 aliphatic carbocycles. The van der Waals surface area contributed by atoms with Crippen molar-refractivity contribution in [2.24, 2.45) is 5.92 Å². The Morgan fingerprint density at radius 1 is 1.25 bits per heavy atom. The van der Waals surface area contributed by atoms with E-state index in [2.05, 4.69) is 26.0 Å². The second kappa shape index (κ2) is 4.37. The van der Waals surface area contributed by atoms with Crippen molar-refractivity contribution in [3.05, 3.63) is 30.3 Å². The molecule has 0 aliphatic heterocycles. The van der Waals surface area contributed by atoms with Crippen LogP contribution in [0, 0.1) is 11.3 Å². The summed E-state index contributed by atoms with van der Waals surface area (Å²) in [4.78, 5) is 0. The third-order valence-electron chi connectivity index (χ3n) is 1.63. The van der Waals surface area contributed by atoms with Crippen LogP contribution in [0.15, 0.2) is 30.3 Å². The van der Waals surface area contributed by atoms with Gasteiger partial charge in [0.25, 0.3) is 0 Å². The lowest BCUT2D eigenvalue weighted by Crippen LogP contribution is -2.04. The molecule has 0 radical (unpaired) electrons. The molecule has 1 unspecified atom stereocenters. The standard InChI is InChI=1S/C10H14NP/c1-8(2)10(11)12-9-6-4-3-5-7-9/h3-8,11-12H,1-2H3. The van der Waals surface area contributed by atoms with E-state index in [0.717, 1.165) is 5.45 Å². The summed E-state index contributed by atoms with van der Waals surface area (Å²) in [5.41, 5.74) is 0.834. The fourth-order valence-corrected chi connectivity index (χ4v) is 1.78. The molecule has 64 valence electrons. The highest BCUT2D eigenvalue weighted by Gasteiger charge is 2.02. The second-order valence-electron chi connectivity index (χ2n) is 3.06. The van der Waals surface area contributed by atoms with E-state index in [1.807, 2.05) is 18.2 Å². The molecule has 1 N–H and O–H groups in total. The Morgan fingerprint density at radius 3 is 2.33 bits per heavy atom. The van der Waals surface area contributed by atoms with E-state index in [1.165, 1.54) is 5.30 Å². The van der Waals surface area contributed by atoms with Crippen molar-refractivity contribution in [2.75, 3.05) is 0 Å². The summed E-state index contributed by atoms with van der Waals surface area (Å²) in [6, 6.07) is 10.2. The zero-order valence-electron chi connectivity index (χ0n) is 7.46. The van der Waals surface area contributed by atoms with Gasteiger partial charge in [0.05, 0.1) is 0 Å². The Kier molecular flexibility index (Phi) is 3.43. The predicted octanol–water partition coefficient (Wildman–Crippen LogP) is 2.62. The van der Waals surface area contributed by atoms with Gasteiger partial charge in [-0.1, -0.05) is 44.2 Å². The molecular weight excluding hydrogens is 165 g/mol. The normalized spacial score (nSPS) is 11.2. The molecule has 1 atom stereocenters. The quantitative estimate of drug-likeness (QED) is 0.544. The van der Waals surface area contributed by atoms with E-state index >= 15 is 0 Å². The van der Waals surface area contributed by atoms with Crippen molar-refractivity contribution < 1.29 is 0 Å². The van der Waals surface area contributed by atoms with Crippen LogP contribution in [0.1, 0.15) is 13.8 Å². The summed E-state index contributed by atoms with van der Waals surface area (Å²) in [7, 11) is 0.542. The minimum Gasteiger partial charge on any atom is -0.305 e. The molecule has 0 amide bonds. The Balaban J connectivity index is 2.59. The van der Waals surface area contributed by atoms with Crippen molar-refractivity contribution in [1.82, 2.24) is 0 Å². The van der Waals surface area contributed by atoms with Gasteiger partial charge in [-0.3, -0.25) is 0 Å². The Bertz CT molecular complexity index is 254. The Morgan fingerprint density at radius 2 is 1.83 bits per heavy atom. The lowest BCUT2D eigenvalue weighted by molar-refractivity contribution is 0.894. The minimum absolute atomic E-state index is 0.378. The van der Waals surface area contributed by atoms with Crippen LogP contribution in [-0.4, -0.2) is 5.45 Å². The first-order valence-corrected chi connectivity index (χ1v) is 5.10. The van der Waals surface area contributed by atoms with E-state index in [4.69, 9.17) is 5.41 Å². The van der Waals surface area contributed by atoms with Crippen molar-refractivity contribution in [3.8, 4) is 0 Å². The molecule has 0 aliphatic rings. The van der Waals surface area contributed by atoms with E-state index < -0.39 is 0 Å². The van der Waals surface area contributed by atoms with Crippen molar-refractivity contribution in [3.63, 3.8) is 0 Å². The summed E-state index contributed by atoms with van der Waals surface area (Å²) in [6.07, 6.45) is 0. The van der Waals surface area contributed by atoms with Gasteiger partial charge in [0.1, 0.15) is 0 Å². The summed E-state index contributed by atoms with van der Waals surface area (Å²) < 4.78 is 0. The van der Waals surface area contributed by atoms with Crippen molar-refractivity contribution in [2.45, 2.75) is 13.8 Å². The maximum absolute atomic E-state index is 7.69. The first kappa shape index (κ1) is 9.41. The van der Waals surface area contributed by atoms with Gasteiger partial charge in [-0.05, 0) is 19.8 Å². The maximum atomic E-state index is 7.69. The summed E-state index contributed by atoms with van der Waals surface area (Å²) in [5, 5.41) is 8.95. The van der Waals surface area contributed by atoms with Gasteiger partial charge in [0.15, 0.2) is 0 Å². The lowest BCUT2D eigenvalue weighted by atomic mass is 10.2. The molecule has 1 aromatic carbocycles. The first-order chi connectivity index (χ1) is 5.70. The predicted molar refractivity (Wildman–Crippen MR) is 57.0 cm³/mol. The molecule has 0 spiro atoms. The highest BCUT2D eigenvalue weighted by Crippen LogP contribution is 2.16. The number of hydrogen-bond acceptors (Lipinski definition) is 1. The summed E-state index contributed by atoms with van der Waals surface area (Å²) in [5.74, 6) is 0.378. The highest BCUT2D eigenvalue weighted by molar-refractivity contribution is 7.65. The average Bonchev–Trinajstić information content (AvgIpc) is 2.06. The SMILES string of the molecule is CC(C)C(=N)Pc1ccccc1. The van der Waals surface area contributed by atoms with Gasteiger partial charge in [-0.25, -0.2) is 0 Å². The van der Waals surface area contributed by atoms with Crippen LogP contribution in [0.3, 0.4) is 0 Å². The zero-order valence-corrected chi connectivity index (χ0v) is 8.46. The van der Waals surface area contributed by atoms with Gasteiger partial charge in [0.2, 0.25) is 0 Å². The fraction of sp³-hybridized carbons (Fsp3) is 0.300. The van der Waals surface area contributed by atoms with Gasteiger partial charge in [0, 0.05) is 5.45 Å². The molecule has 0 saturated carbocycles. The molecule has 0 fully saturated rings. The van der Waals surface area contributed by atoms with Gasteiger partial charge >= 0.3 is 0 Å². The Hall–Kier alpha value is -0.680. The average molecular weight is 179 g/mol. The smallest absolute Gasteiger partial charge is 0.0358 e.